The Balaban J connectivity index is 1.70. The average molecular weight is 422 g/mol. The summed E-state index contributed by atoms with van der Waals surface area (Å²) < 4.78 is 11.2. The third kappa shape index (κ3) is 4.34. The largest absolute Gasteiger partial charge is 0.497 e. The van der Waals surface area contributed by atoms with Crippen molar-refractivity contribution in [1.82, 2.24) is 0 Å². The van der Waals surface area contributed by atoms with Crippen LogP contribution in [0, 0.1) is 6.42 Å². The Morgan fingerprint density at radius 3 is 1.93 bits per heavy atom. The molecule has 0 unspecified atom stereocenters. The molecule has 0 N–H and O–H groups in total. The predicted octanol–water partition coefficient (Wildman–Crippen LogP) is 7.70. The molecule has 3 aromatic carbocycles. The molecule has 0 bridgehead atoms. The first-order valence-corrected chi connectivity index (χ1v) is 10.0. The van der Waals surface area contributed by atoms with Crippen LogP contribution in [0.5, 0.6) is 17.2 Å². The highest BCUT2D eigenvalue weighted by molar-refractivity contribution is 6.46. The first-order chi connectivity index (χ1) is 14.2. The van der Waals surface area contributed by atoms with Gasteiger partial charge >= 0.3 is 0 Å². The second kappa shape index (κ2) is 8.77. The van der Waals surface area contributed by atoms with Gasteiger partial charge in [-0.1, -0.05) is 65.7 Å². The van der Waals surface area contributed by atoms with E-state index in [1.807, 2.05) is 85.3 Å². The van der Waals surface area contributed by atoms with E-state index in [2.05, 4.69) is 0 Å². The quantitative estimate of drug-likeness (QED) is 0.420. The number of rotatable bonds is 5. The molecular formula is C25H19Cl2O2. The van der Waals surface area contributed by atoms with Crippen LogP contribution in [0.15, 0.2) is 88.9 Å². The summed E-state index contributed by atoms with van der Waals surface area (Å²) >= 11 is 13.0. The molecule has 0 aromatic heterocycles. The number of hydrogen-bond donors (Lipinski definition) is 0. The summed E-state index contributed by atoms with van der Waals surface area (Å²) in [5, 5.41) is 1.13. The van der Waals surface area contributed by atoms with Crippen molar-refractivity contribution in [2.75, 3.05) is 7.11 Å². The first-order valence-electron chi connectivity index (χ1n) is 9.25. The molecule has 29 heavy (non-hydrogen) atoms. The van der Waals surface area contributed by atoms with Crippen LogP contribution in [0.2, 0.25) is 0 Å². The van der Waals surface area contributed by atoms with Gasteiger partial charge in [-0.3, -0.25) is 0 Å². The number of halogens is 2. The van der Waals surface area contributed by atoms with E-state index in [1.54, 1.807) is 7.11 Å². The van der Waals surface area contributed by atoms with Gasteiger partial charge in [-0.2, -0.15) is 0 Å². The average Bonchev–Trinajstić information content (AvgIpc) is 2.77. The molecule has 1 radical (unpaired) electrons. The van der Waals surface area contributed by atoms with Gasteiger partial charge in [-0.05, 0) is 59.5 Å². The van der Waals surface area contributed by atoms with Crippen molar-refractivity contribution >= 4 is 34.3 Å². The van der Waals surface area contributed by atoms with E-state index in [0.717, 1.165) is 39.5 Å². The van der Waals surface area contributed by atoms with Crippen LogP contribution in [-0.4, -0.2) is 7.11 Å². The minimum absolute atomic E-state index is 0.558. The minimum Gasteiger partial charge on any atom is -0.497 e. The van der Waals surface area contributed by atoms with Crippen LogP contribution in [0.4, 0.5) is 0 Å². The van der Waals surface area contributed by atoms with Crippen LogP contribution in [0.1, 0.15) is 17.5 Å². The summed E-state index contributed by atoms with van der Waals surface area (Å²) in [5.41, 5.74) is 4.14. The molecule has 0 fully saturated rings. The molecule has 1 aliphatic carbocycles. The molecule has 4 rings (SSSR count). The van der Waals surface area contributed by atoms with Crippen molar-refractivity contribution in [3.63, 3.8) is 0 Å². The molecule has 0 amide bonds. The first kappa shape index (κ1) is 19.6. The van der Waals surface area contributed by atoms with E-state index in [1.165, 1.54) is 0 Å². The Hall–Kier alpha value is -2.68. The Morgan fingerprint density at radius 1 is 0.690 bits per heavy atom. The van der Waals surface area contributed by atoms with Crippen molar-refractivity contribution in [1.29, 1.82) is 0 Å². The van der Waals surface area contributed by atoms with Gasteiger partial charge in [-0.15, -0.1) is 0 Å². The standard InChI is InChI=1S/C25H19Cl2O2/c1-28-19-11-9-18(10-12-19)24-22(15-16-23(26)25(24)27)17-7-13-21(14-8-17)29-20-5-3-2-4-6-20/h2-14,16H,15H2,1H3. The summed E-state index contributed by atoms with van der Waals surface area (Å²) in [6.45, 7) is 0. The van der Waals surface area contributed by atoms with Gasteiger partial charge < -0.3 is 9.47 Å². The molecule has 1 aliphatic rings. The fourth-order valence-corrected chi connectivity index (χ4v) is 3.78. The van der Waals surface area contributed by atoms with Crippen LogP contribution < -0.4 is 9.47 Å². The SMILES string of the molecule is COc1ccc(C2=C(c3ccc(Oc4ccccc4)cc3)C[CH]C(Cl)=C2Cl)cc1. The topological polar surface area (TPSA) is 18.5 Å². The van der Waals surface area contributed by atoms with Gasteiger partial charge in [0.25, 0.3) is 0 Å². The number of para-hydroxylation sites is 1. The third-order valence-corrected chi connectivity index (χ3v) is 5.61. The van der Waals surface area contributed by atoms with Crippen LogP contribution in [0.25, 0.3) is 11.1 Å². The predicted molar refractivity (Wildman–Crippen MR) is 120 cm³/mol. The Labute approximate surface area is 181 Å². The van der Waals surface area contributed by atoms with E-state index < -0.39 is 0 Å². The van der Waals surface area contributed by atoms with Crippen molar-refractivity contribution in [2.24, 2.45) is 0 Å². The van der Waals surface area contributed by atoms with Crippen molar-refractivity contribution in [3.05, 3.63) is 106 Å². The number of ether oxygens (including phenoxy) is 2. The normalized spacial score (nSPS) is 14.2. The second-order valence-electron chi connectivity index (χ2n) is 6.59. The zero-order valence-corrected chi connectivity index (χ0v) is 17.4. The van der Waals surface area contributed by atoms with Crippen LogP contribution in [0.3, 0.4) is 0 Å². The molecule has 145 valence electrons. The number of methoxy groups -OCH3 is 1. The van der Waals surface area contributed by atoms with Crippen LogP contribution in [-0.2, 0) is 0 Å². The van der Waals surface area contributed by atoms with E-state index in [9.17, 15) is 0 Å². The second-order valence-corrected chi connectivity index (χ2v) is 7.38. The summed E-state index contributed by atoms with van der Waals surface area (Å²) in [6, 6.07) is 25.6. The molecule has 0 saturated carbocycles. The summed E-state index contributed by atoms with van der Waals surface area (Å²) in [6.07, 6.45) is 2.65. The molecule has 0 aliphatic heterocycles. The minimum atomic E-state index is 0.558. The third-order valence-electron chi connectivity index (χ3n) is 4.78. The summed E-state index contributed by atoms with van der Waals surface area (Å²) in [7, 11) is 1.65. The van der Waals surface area contributed by atoms with E-state index >= 15 is 0 Å². The fourth-order valence-electron chi connectivity index (χ4n) is 3.30. The molecule has 0 spiro atoms. The summed E-state index contributed by atoms with van der Waals surface area (Å²) in [5.74, 6) is 2.39. The zero-order valence-electron chi connectivity index (χ0n) is 15.9. The monoisotopic (exact) mass is 421 g/mol. The number of allylic oxidation sites excluding steroid dienone is 4. The van der Waals surface area contributed by atoms with Gasteiger partial charge in [0.1, 0.15) is 17.2 Å². The van der Waals surface area contributed by atoms with E-state index in [-0.39, 0.29) is 0 Å². The smallest absolute Gasteiger partial charge is 0.127 e. The molecule has 4 heteroatoms. The molecule has 0 saturated heterocycles. The van der Waals surface area contributed by atoms with Gasteiger partial charge in [0.2, 0.25) is 0 Å². The lowest BCUT2D eigenvalue weighted by Crippen LogP contribution is -2.01. The lowest BCUT2D eigenvalue weighted by atomic mass is 9.87. The maximum atomic E-state index is 6.63. The molecule has 2 nitrogen and oxygen atoms in total. The van der Waals surface area contributed by atoms with E-state index in [0.29, 0.717) is 16.5 Å². The lowest BCUT2D eigenvalue weighted by molar-refractivity contribution is 0.415. The Morgan fingerprint density at radius 2 is 1.28 bits per heavy atom. The molecule has 3 aromatic rings. The fraction of sp³-hybridized carbons (Fsp3) is 0.0800. The van der Waals surface area contributed by atoms with Gasteiger partial charge in [-0.25, -0.2) is 0 Å². The summed E-state index contributed by atoms with van der Waals surface area (Å²) in [4.78, 5) is 0. The number of benzene rings is 3. The Bertz CT molecular complexity index is 1050. The van der Waals surface area contributed by atoms with Crippen molar-refractivity contribution < 1.29 is 9.47 Å². The molecule has 0 atom stereocenters. The van der Waals surface area contributed by atoms with E-state index in [4.69, 9.17) is 32.7 Å². The molecular weight excluding hydrogens is 403 g/mol. The van der Waals surface area contributed by atoms with Crippen LogP contribution >= 0.6 is 23.2 Å². The highest BCUT2D eigenvalue weighted by atomic mass is 35.5. The number of hydrogen-bond acceptors (Lipinski definition) is 2. The molecule has 0 heterocycles. The Kier molecular flexibility index (Phi) is 5.94. The van der Waals surface area contributed by atoms with Crippen molar-refractivity contribution in [2.45, 2.75) is 6.42 Å². The highest BCUT2D eigenvalue weighted by Crippen LogP contribution is 2.44. The van der Waals surface area contributed by atoms with Gasteiger partial charge in [0.05, 0.1) is 12.1 Å². The zero-order chi connectivity index (χ0) is 20.2. The maximum absolute atomic E-state index is 6.63. The van der Waals surface area contributed by atoms with Gasteiger partial charge in [0.15, 0.2) is 0 Å². The highest BCUT2D eigenvalue weighted by Gasteiger charge is 2.22. The maximum Gasteiger partial charge on any atom is 0.127 e. The van der Waals surface area contributed by atoms with Crippen molar-refractivity contribution in [3.8, 4) is 17.2 Å². The van der Waals surface area contributed by atoms with Gasteiger partial charge in [0, 0.05) is 17.0 Å². The lowest BCUT2D eigenvalue weighted by Gasteiger charge is -2.22.